The highest BCUT2D eigenvalue weighted by atomic mass is 16.5. The van der Waals surface area contributed by atoms with Gasteiger partial charge in [-0.05, 0) is 35.4 Å². The first kappa shape index (κ1) is 17.6. The van der Waals surface area contributed by atoms with Gasteiger partial charge in [0.15, 0.2) is 0 Å². The Labute approximate surface area is 165 Å². The third kappa shape index (κ3) is 3.24. The van der Waals surface area contributed by atoms with Crippen molar-refractivity contribution in [2.75, 3.05) is 46.8 Å². The average molecular weight is 375 g/mol. The van der Waals surface area contributed by atoms with Crippen molar-refractivity contribution in [1.82, 2.24) is 14.7 Å². The van der Waals surface area contributed by atoms with Crippen LogP contribution in [-0.4, -0.2) is 73.4 Å². The van der Waals surface area contributed by atoms with Crippen LogP contribution in [0.1, 0.15) is 11.1 Å². The summed E-state index contributed by atoms with van der Waals surface area (Å²) in [6.07, 6.45) is 1.82. The van der Waals surface area contributed by atoms with Crippen LogP contribution in [0.3, 0.4) is 0 Å². The standard InChI is InChI=1S/C22H25N5O/c1-28-20-9-7-18(8-10-20)11-23-24-21(19-5-3-2-4-6-19)22-12-25-15-26(13-22)17-27(14-22)16-25/h2-11H,12-17H2,1H3. The molecule has 0 N–H and O–H groups in total. The van der Waals surface area contributed by atoms with E-state index in [0.29, 0.717) is 0 Å². The monoisotopic (exact) mass is 375 g/mol. The first-order valence-corrected chi connectivity index (χ1v) is 9.72. The summed E-state index contributed by atoms with van der Waals surface area (Å²) in [6.45, 7) is 6.34. The fourth-order valence-corrected chi connectivity index (χ4v) is 4.85. The molecule has 4 aliphatic rings. The summed E-state index contributed by atoms with van der Waals surface area (Å²) in [5.41, 5.74) is 3.28. The number of ether oxygens (including phenoxy) is 1. The predicted octanol–water partition coefficient (Wildman–Crippen LogP) is 2.32. The van der Waals surface area contributed by atoms with E-state index in [9.17, 15) is 0 Å². The smallest absolute Gasteiger partial charge is 0.118 e. The molecule has 0 saturated carbocycles. The Morgan fingerprint density at radius 1 is 0.893 bits per heavy atom. The van der Waals surface area contributed by atoms with Crippen LogP contribution in [0.5, 0.6) is 5.75 Å². The summed E-state index contributed by atoms with van der Waals surface area (Å²) in [7, 11) is 1.67. The molecule has 0 atom stereocenters. The molecule has 4 saturated heterocycles. The summed E-state index contributed by atoms with van der Waals surface area (Å²) in [6, 6.07) is 18.4. The molecule has 0 aliphatic carbocycles. The second-order valence-electron chi connectivity index (χ2n) is 8.02. The van der Waals surface area contributed by atoms with Gasteiger partial charge in [-0.3, -0.25) is 14.7 Å². The summed E-state index contributed by atoms with van der Waals surface area (Å²) in [4.78, 5) is 7.55. The maximum absolute atomic E-state index is 5.22. The Morgan fingerprint density at radius 3 is 2.07 bits per heavy atom. The number of benzene rings is 2. The molecule has 4 bridgehead atoms. The van der Waals surface area contributed by atoms with Crippen molar-refractivity contribution in [2.24, 2.45) is 15.6 Å². The molecule has 0 spiro atoms. The highest BCUT2D eigenvalue weighted by Gasteiger charge is 2.51. The lowest BCUT2D eigenvalue weighted by Gasteiger charge is -2.60. The zero-order valence-electron chi connectivity index (χ0n) is 16.2. The van der Waals surface area contributed by atoms with E-state index in [-0.39, 0.29) is 5.41 Å². The number of rotatable bonds is 5. The van der Waals surface area contributed by atoms with E-state index in [0.717, 1.165) is 56.7 Å². The van der Waals surface area contributed by atoms with E-state index in [1.807, 2.05) is 30.5 Å². The fraction of sp³-hybridized carbons (Fsp3) is 0.364. The largest absolute Gasteiger partial charge is 0.497 e. The fourth-order valence-electron chi connectivity index (χ4n) is 4.85. The minimum atomic E-state index is 0.00729. The van der Waals surface area contributed by atoms with Crippen molar-refractivity contribution < 1.29 is 4.74 Å². The second kappa shape index (κ2) is 7.13. The summed E-state index contributed by atoms with van der Waals surface area (Å²) < 4.78 is 5.22. The Morgan fingerprint density at radius 2 is 1.50 bits per heavy atom. The molecule has 2 aromatic rings. The van der Waals surface area contributed by atoms with Gasteiger partial charge in [0.05, 0.1) is 44.5 Å². The SMILES string of the molecule is COc1ccc(C=NN=C(c2ccccc2)C23CN4CN(CN(C4)C2)C3)cc1. The van der Waals surface area contributed by atoms with Gasteiger partial charge in [-0.15, -0.1) is 0 Å². The molecule has 6 rings (SSSR count). The van der Waals surface area contributed by atoms with Crippen molar-refractivity contribution in [3.63, 3.8) is 0 Å². The Bertz CT molecular complexity index is 856. The molecule has 28 heavy (non-hydrogen) atoms. The van der Waals surface area contributed by atoms with Gasteiger partial charge in [0.2, 0.25) is 0 Å². The van der Waals surface area contributed by atoms with Crippen LogP contribution < -0.4 is 4.74 Å². The Kier molecular flexibility index (Phi) is 4.47. The van der Waals surface area contributed by atoms with Crippen molar-refractivity contribution in [1.29, 1.82) is 0 Å². The van der Waals surface area contributed by atoms with E-state index < -0.39 is 0 Å². The van der Waals surface area contributed by atoms with Gasteiger partial charge in [-0.1, -0.05) is 30.3 Å². The van der Waals surface area contributed by atoms with Crippen molar-refractivity contribution in [2.45, 2.75) is 0 Å². The number of methoxy groups -OCH3 is 1. The van der Waals surface area contributed by atoms with Crippen molar-refractivity contribution in [3.05, 3.63) is 65.7 Å². The zero-order valence-corrected chi connectivity index (χ0v) is 16.2. The molecule has 0 radical (unpaired) electrons. The van der Waals surface area contributed by atoms with Gasteiger partial charge in [0.25, 0.3) is 0 Å². The third-order valence-corrected chi connectivity index (χ3v) is 5.81. The third-order valence-electron chi connectivity index (χ3n) is 5.81. The molecule has 0 amide bonds. The van der Waals surface area contributed by atoms with Gasteiger partial charge < -0.3 is 4.74 Å². The zero-order chi connectivity index (χ0) is 19.0. The first-order valence-electron chi connectivity index (χ1n) is 9.72. The molecule has 6 nitrogen and oxygen atoms in total. The van der Waals surface area contributed by atoms with Crippen LogP contribution in [0.4, 0.5) is 0 Å². The maximum atomic E-state index is 5.22. The van der Waals surface area contributed by atoms with E-state index >= 15 is 0 Å². The maximum Gasteiger partial charge on any atom is 0.118 e. The lowest BCUT2D eigenvalue weighted by molar-refractivity contribution is -0.149. The van der Waals surface area contributed by atoms with E-state index in [2.05, 4.69) is 50.1 Å². The van der Waals surface area contributed by atoms with Crippen molar-refractivity contribution in [3.8, 4) is 5.75 Å². The van der Waals surface area contributed by atoms with Gasteiger partial charge in [0.1, 0.15) is 5.75 Å². The molecule has 0 unspecified atom stereocenters. The lowest BCUT2D eigenvalue weighted by Crippen LogP contribution is -2.74. The molecule has 4 aliphatic heterocycles. The van der Waals surface area contributed by atoms with Crippen LogP contribution >= 0.6 is 0 Å². The minimum absolute atomic E-state index is 0.00729. The van der Waals surface area contributed by atoms with Crippen molar-refractivity contribution >= 4 is 11.9 Å². The molecular formula is C22H25N5O. The lowest BCUT2D eigenvalue weighted by atomic mass is 9.74. The number of hydrogen-bond donors (Lipinski definition) is 0. The summed E-state index contributed by atoms with van der Waals surface area (Å²) in [5.74, 6) is 0.844. The normalized spacial score (nSPS) is 31.5. The van der Waals surface area contributed by atoms with E-state index in [1.54, 1.807) is 7.11 Å². The summed E-state index contributed by atoms with van der Waals surface area (Å²) in [5, 5.41) is 9.29. The quantitative estimate of drug-likeness (QED) is 0.594. The number of hydrogen-bond acceptors (Lipinski definition) is 6. The van der Waals surface area contributed by atoms with Crippen LogP contribution in [0.25, 0.3) is 0 Å². The van der Waals surface area contributed by atoms with Crippen LogP contribution in [0.15, 0.2) is 64.8 Å². The molecule has 2 aromatic carbocycles. The number of nitrogens with zero attached hydrogens (tertiary/aromatic N) is 5. The van der Waals surface area contributed by atoms with Gasteiger partial charge >= 0.3 is 0 Å². The molecule has 4 heterocycles. The molecule has 144 valence electrons. The molecular weight excluding hydrogens is 350 g/mol. The second-order valence-corrected chi connectivity index (χ2v) is 8.02. The predicted molar refractivity (Wildman–Crippen MR) is 111 cm³/mol. The van der Waals surface area contributed by atoms with E-state index in [4.69, 9.17) is 9.84 Å². The summed E-state index contributed by atoms with van der Waals surface area (Å²) >= 11 is 0. The van der Waals surface area contributed by atoms with Gasteiger partial charge in [0, 0.05) is 19.6 Å². The molecule has 6 heteroatoms. The Hall–Kier alpha value is -2.54. The van der Waals surface area contributed by atoms with Crippen LogP contribution in [0.2, 0.25) is 0 Å². The molecule has 0 aromatic heterocycles. The van der Waals surface area contributed by atoms with Gasteiger partial charge in [-0.2, -0.15) is 10.2 Å². The van der Waals surface area contributed by atoms with Crippen LogP contribution in [-0.2, 0) is 0 Å². The highest BCUT2D eigenvalue weighted by molar-refractivity contribution is 6.05. The first-order chi connectivity index (χ1) is 13.7. The minimum Gasteiger partial charge on any atom is -0.497 e. The highest BCUT2D eigenvalue weighted by Crippen LogP contribution is 2.38. The van der Waals surface area contributed by atoms with Gasteiger partial charge in [-0.25, -0.2) is 0 Å². The van der Waals surface area contributed by atoms with Crippen LogP contribution in [0, 0.1) is 5.41 Å². The topological polar surface area (TPSA) is 43.7 Å². The van der Waals surface area contributed by atoms with E-state index in [1.165, 1.54) is 5.56 Å². The molecule has 4 fully saturated rings. The average Bonchev–Trinajstić information content (AvgIpc) is 2.71. The Balaban J connectivity index is 1.48.